The molecule has 0 bridgehead atoms. The van der Waals surface area contributed by atoms with Gasteiger partial charge in [-0.3, -0.25) is 20.2 Å². The number of hydrogen-bond donors (Lipinski definition) is 3. The summed E-state index contributed by atoms with van der Waals surface area (Å²) in [4.78, 5) is 24.6. The van der Waals surface area contributed by atoms with Crippen LogP contribution in [-0.2, 0) is 16.0 Å². The quantitative estimate of drug-likeness (QED) is 0.263. The Morgan fingerprint density at radius 3 is 2.18 bits per heavy atom. The summed E-state index contributed by atoms with van der Waals surface area (Å²) in [5, 5.41) is 16.6. The monoisotopic (exact) mass is 386 g/mol. The van der Waals surface area contributed by atoms with Gasteiger partial charge >= 0.3 is 0 Å². The molecule has 0 fully saturated rings. The van der Waals surface area contributed by atoms with E-state index in [9.17, 15) is 9.59 Å². The maximum atomic E-state index is 13.0. The molecule has 2 aromatic carbocycles. The molecule has 148 valence electrons. The first-order valence-corrected chi connectivity index (χ1v) is 8.36. The fourth-order valence-corrected chi connectivity index (χ4v) is 2.69. The molecule has 8 heteroatoms. The van der Waals surface area contributed by atoms with Gasteiger partial charge in [-0.2, -0.15) is 0 Å². The van der Waals surface area contributed by atoms with Crippen LogP contribution in [-0.4, -0.2) is 50.0 Å². The van der Waals surface area contributed by atoms with Gasteiger partial charge in [-0.25, -0.2) is 5.48 Å². The summed E-state index contributed by atoms with van der Waals surface area (Å²) in [5.74, 6) is -0.0465. The Hall–Kier alpha value is -3.23. The van der Waals surface area contributed by atoms with Crippen LogP contribution in [0.3, 0.4) is 0 Å². The summed E-state index contributed by atoms with van der Waals surface area (Å²) in [7, 11) is 4.38. The molecule has 0 heterocycles. The maximum Gasteiger partial charge on any atom is 0.291 e. The third-order valence-electron chi connectivity index (χ3n) is 4.27. The molecule has 28 heavy (non-hydrogen) atoms. The van der Waals surface area contributed by atoms with Gasteiger partial charge in [0.05, 0.1) is 14.2 Å². The zero-order valence-corrected chi connectivity index (χ0v) is 15.8. The SMILES string of the molecule is COc1ccc(C(=O)c2ccc(OC)cc2CC(OC)C(=N)C(=O)NO)cc1. The summed E-state index contributed by atoms with van der Waals surface area (Å²) in [5.41, 5.74) is 2.35. The van der Waals surface area contributed by atoms with Gasteiger partial charge < -0.3 is 14.2 Å². The summed E-state index contributed by atoms with van der Waals surface area (Å²) in [6.07, 6.45) is -0.890. The maximum absolute atomic E-state index is 13.0. The molecule has 0 spiro atoms. The summed E-state index contributed by atoms with van der Waals surface area (Å²) < 4.78 is 15.6. The second-order valence-electron chi connectivity index (χ2n) is 5.86. The van der Waals surface area contributed by atoms with Crippen molar-refractivity contribution in [2.24, 2.45) is 0 Å². The van der Waals surface area contributed by atoms with Gasteiger partial charge in [-0.1, -0.05) is 0 Å². The molecule has 0 saturated heterocycles. The number of carbonyl (C=O) groups is 2. The Bertz CT molecular complexity index is 863. The molecule has 2 aromatic rings. The number of nitrogens with one attached hydrogen (secondary N) is 2. The van der Waals surface area contributed by atoms with Gasteiger partial charge in [-0.15, -0.1) is 0 Å². The van der Waals surface area contributed by atoms with Gasteiger partial charge in [0.2, 0.25) is 0 Å². The molecule has 2 rings (SSSR count). The van der Waals surface area contributed by atoms with Crippen molar-refractivity contribution >= 4 is 17.4 Å². The number of rotatable bonds is 9. The first kappa shape index (κ1) is 21.1. The van der Waals surface area contributed by atoms with Crippen molar-refractivity contribution in [3.05, 3.63) is 59.2 Å². The van der Waals surface area contributed by atoms with E-state index in [4.69, 9.17) is 24.8 Å². The Balaban J connectivity index is 2.40. The van der Waals surface area contributed by atoms with E-state index in [0.29, 0.717) is 28.2 Å². The average molecular weight is 386 g/mol. The molecule has 0 aliphatic heterocycles. The van der Waals surface area contributed by atoms with E-state index in [1.54, 1.807) is 49.6 Å². The summed E-state index contributed by atoms with van der Waals surface area (Å²) in [6.45, 7) is 0. The highest BCUT2D eigenvalue weighted by atomic mass is 16.5. The highest BCUT2D eigenvalue weighted by Crippen LogP contribution is 2.24. The van der Waals surface area contributed by atoms with Crippen molar-refractivity contribution in [3.63, 3.8) is 0 Å². The molecule has 8 nitrogen and oxygen atoms in total. The predicted molar refractivity (Wildman–Crippen MR) is 102 cm³/mol. The number of hydroxylamine groups is 1. The number of methoxy groups -OCH3 is 3. The lowest BCUT2D eigenvalue weighted by Gasteiger charge is -2.18. The van der Waals surface area contributed by atoms with Crippen LogP contribution in [0.4, 0.5) is 0 Å². The second-order valence-corrected chi connectivity index (χ2v) is 5.86. The summed E-state index contributed by atoms with van der Waals surface area (Å²) in [6, 6.07) is 11.6. The molecule has 0 aromatic heterocycles. The van der Waals surface area contributed by atoms with Crippen LogP contribution in [0.5, 0.6) is 11.5 Å². The molecule has 0 aliphatic rings. The first-order valence-electron chi connectivity index (χ1n) is 8.36. The van der Waals surface area contributed by atoms with E-state index in [-0.39, 0.29) is 12.2 Å². The van der Waals surface area contributed by atoms with Crippen molar-refractivity contribution in [3.8, 4) is 11.5 Å². The van der Waals surface area contributed by atoms with Crippen LogP contribution in [0.25, 0.3) is 0 Å². The minimum Gasteiger partial charge on any atom is -0.497 e. The fraction of sp³-hybridized carbons (Fsp3) is 0.250. The van der Waals surface area contributed by atoms with E-state index < -0.39 is 17.7 Å². The Labute approximate surface area is 162 Å². The number of carbonyl (C=O) groups excluding carboxylic acids is 2. The number of ether oxygens (including phenoxy) is 3. The van der Waals surface area contributed by atoms with Gasteiger partial charge in [0.15, 0.2) is 5.78 Å². The van der Waals surface area contributed by atoms with E-state index in [1.807, 2.05) is 0 Å². The van der Waals surface area contributed by atoms with Crippen molar-refractivity contribution in [1.82, 2.24) is 5.48 Å². The van der Waals surface area contributed by atoms with Crippen LogP contribution < -0.4 is 15.0 Å². The van der Waals surface area contributed by atoms with Crippen molar-refractivity contribution in [2.75, 3.05) is 21.3 Å². The molecule has 0 radical (unpaired) electrons. The van der Waals surface area contributed by atoms with Crippen molar-refractivity contribution in [1.29, 1.82) is 5.41 Å². The lowest BCUT2D eigenvalue weighted by atomic mass is 9.93. The molecule has 1 unspecified atom stereocenters. The molecule has 1 amide bonds. The minimum absolute atomic E-state index is 0.0666. The normalized spacial score (nSPS) is 11.4. The van der Waals surface area contributed by atoms with Crippen molar-refractivity contribution < 1.29 is 29.0 Å². The van der Waals surface area contributed by atoms with Crippen molar-refractivity contribution in [2.45, 2.75) is 12.5 Å². The molecule has 0 aliphatic carbocycles. The van der Waals surface area contributed by atoms with Gasteiger partial charge in [-0.05, 0) is 48.0 Å². The number of amides is 1. The average Bonchev–Trinajstić information content (AvgIpc) is 2.75. The zero-order valence-electron chi connectivity index (χ0n) is 15.8. The van der Waals surface area contributed by atoms with E-state index in [0.717, 1.165) is 0 Å². The molecule has 0 saturated carbocycles. The molecular weight excluding hydrogens is 364 g/mol. The number of hydrogen-bond acceptors (Lipinski definition) is 7. The largest absolute Gasteiger partial charge is 0.497 e. The highest BCUT2D eigenvalue weighted by molar-refractivity contribution is 6.39. The van der Waals surface area contributed by atoms with Gasteiger partial charge in [0, 0.05) is 24.7 Å². The third-order valence-corrected chi connectivity index (χ3v) is 4.27. The van der Waals surface area contributed by atoms with Crippen LogP contribution >= 0.6 is 0 Å². The molecule has 3 N–H and O–H groups in total. The van der Waals surface area contributed by atoms with E-state index in [2.05, 4.69) is 0 Å². The lowest BCUT2D eigenvalue weighted by Crippen LogP contribution is -2.38. The van der Waals surface area contributed by atoms with Crippen LogP contribution in [0, 0.1) is 5.41 Å². The first-order chi connectivity index (χ1) is 13.4. The fourth-order valence-electron chi connectivity index (χ4n) is 2.69. The van der Waals surface area contributed by atoms with E-state index >= 15 is 0 Å². The smallest absolute Gasteiger partial charge is 0.291 e. The highest BCUT2D eigenvalue weighted by Gasteiger charge is 2.24. The van der Waals surface area contributed by atoms with Crippen LogP contribution in [0.1, 0.15) is 21.5 Å². The standard InChI is InChI=1S/C20H22N2O6/c1-26-14-6-4-12(5-7-14)19(23)16-9-8-15(27-2)10-13(16)11-17(28-3)18(21)20(24)22-25/h4-10,17,21,25H,11H2,1-3H3,(H,22,24). The van der Waals surface area contributed by atoms with Crippen LogP contribution in [0.15, 0.2) is 42.5 Å². The Morgan fingerprint density at radius 2 is 1.64 bits per heavy atom. The zero-order chi connectivity index (χ0) is 20.7. The van der Waals surface area contributed by atoms with Crippen LogP contribution in [0.2, 0.25) is 0 Å². The number of benzene rings is 2. The molecular formula is C20H22N2O6. The summed E-state index contributed by atoms with van der Waals surface area (Å²) >= 11 is 0. The van der Waals surface area contributed by atoms with E-state index in [1.165, 1.54) is 19.7 Å². The third kappa shape index (κ3) is 4.73. The topological polar surface area (TPSA) is 118 Å². The predicted octanol–water partition coefficient (Wildman–Crippen LogP) is 2.02. The second kappa shape index (κ2) is 9.63. The molecule has 1 atom stereocenters. The Morgan fingerprint density at radius 1 is 1.04 bits per heavy atom. The number of ketones is 1. The Kier molecular flexibility index (Phi) is 7.25. The van der Waals surface area contributed by atoms with Gasteiger partial charge in [0.1, 0.15) is 23.3 Å². The lowest BCUT2D eigenvalue weighted by molar-refractivity contribution is -0.123. The minimum atomic E-state index is -0.974. The van der Waals surface area contributed by atoms with Gasteiger partial charge in [0.25, 0.3) is 5.91 Å².